The number of esters is 1. The number of nitrogens with zero attached hydrogens (tertiary/aromatic N) is 2. The zero-order valence-electron chi connectivity index (χ0n) is 22.7. The Hall–Kier alpha value is -4.44. The summed E-state index contributed by atoms with van der Waals surface area (Å²) >= 11 is 0.936. The summed E-state index contributed by atoms with van der Waals surface area (Å²) < 4.78 is 16.2. The highest BCUT2D eigenvalue weighted by atomic mass is 32.1. The Morgan fingerprint density at radius 3 is 2.52 bits per heavy atom. The van der Waals surface area contributed by atoms with Gasteiger partial charge in [0.2, 0.25) is 0 Å². The molecule has 1 amide bonds. The Bertz CT molecular complexity index is 1490. The number of amides is 1. The van der Waals surface area contributed by atoms with Crippen LogP contribution in [0.4, 0.5) is 5.13 Å². The van der Waals surface area contributed by atoms with Crippen LogP contribution >= 0.6 is 11.3 Å². The number of hydrogen-bond acceptors (Lipinski definition) is 9. The van der Waals surface area contributed by atoms with Crippen LogP contribution in [0.2, 0.25) is 0 Å². The molecule has 10 heteroatoms. The standard InChI is InChI=1S/C30H30N2O7S/c1-6-14-38-22-13-10-20(16-17(22)3)25(33)23-24(19-8-11-21(37-5)12-9-19)32(28(35)26(23)34)30-31-18(4)27(40-30)29(36)39-15-7-2/h7-13,16,24,33H,2,6,14-15H2,1,3-5H3/t24-/m0/s1. The van der Waals surface area contributed by atoms with E-state index in [0.717, 1.165) is 23.3 Å². The Morgan fingerprint density at radius 1 is 1.18 bits per heavy atom. The maximum atomic E-state index is 13.5. The van der Waals surface area contributed by atoms with Gasteiger partial charge in [-0.05, 0) is 61.7 Å². The fourth-order valence-corrected chi connectivity index (χ4v) is 5.32. The lowest BCUT2D eigenvalue weighted by Gasteiger charge is -2.23. The molecule has 40 heavy (non-hydrogen) atoms. The zero-order valence-corrected chi connectivity index (χ0v) is 23.5. The number of aliphatic hydroxyl groups excluding tert-OH is 1. The lowest BCUT2D eigenvalue weighted by Crippen LogP contribution is -2.29. The number of hydrogen-bond donors (Lipinski definition) is 1. The van der Waals surface area contributed by atoms with Gasteiger partial charge in [-0.2, -0.15) is 0 Å². The van der Waals surface area contributed by atoms with Crippen molar-refractivity contribution in [1.29, 1.82) is 0 Å². The first-order valence-corrected chi connectivity index (χ1v) is 13.5. The van der Waals surface area contributed by atoms with E-state index in [9.17, 15) is 19.5 Å². The quantitative estimate of drug-likeness (QED) is 0.113. The second-order valence-electron chi connectivity index (χ2n) is 9.07. The van der Waals surface area contributed by atoms with Gasteiger partial charge in [-0.15, -0.1) is 0 Å². The van der Waals surface area contributed by atoms with Gasteiger partial charge in [0.1, 0.15) is 28.7 Å². The third-order valence-electron chi connectivity index (χ3n) is 6.30. The molecule has 0 radical (unpaired) electrons. The van der Waals surface area contributed by atoms with Crippen molar-refractivity contribution in [1.82, 2.24) is 4.98 Å². The van der Waals surface area contributed by atoms with Gasteiger partial charge in [0.15, 0.2) is 5.13 Å². The minimum atomic E-state index is -1.01. The fraction of sp³-hybridized carbons (Fsp3) is 0.267. The maximum Gasteiger partial charge on any atom is 0.350 e. The molecule has 1 aromatic heterocycles. The van der Waals surface area contributed by atoms with E-state index in [1.54, 1.807) is 49.4 Å². The summed E-state index contributed by atoms with van der Waals surface area (Å²) in [6, 6.07) is 10.9. The molecule has 0 saturated carbocycles. The third-order valence-corrected chi connectivity index (χ3v) is 7.43. The molecule has 2 aromatic carbocycles. The second kappa shape index (κ2) is 12.2. The van der Waals surface area contributed by atoms with Crippen molar-refractivity contribution < 1.29 is 33.7 Å². The largest absolute Gasteiger partial charge is 0.507 e. The number of carbonyl (C=O) groups is 3. The molecule has 0 spiro atoms. The number of rotatable bonds is 10. The van der Waals surface area contributed by atoms with E-state index in [-0.39, 0.29) is 27.9 Å². The topological polar surface area (TPSA) is 115 Å². The first-order valence-electron chi connectivity index (χ1n) is 12.7. The van der Waals surface area contributed by atoms with Crippen molar-refractivity contribution in [2.24, 2.45) is 0 Å². The number of carbonyl (C=O) groups excluding carboxylic acids is 3. The lowest BCUT2D eigenvalue weighted by atomic mass is 9.95. The summed E-state index contributed by atoms with van der Waals surface area (Å²) in [4.78, 5) is 45.4. The number of anilines is 1. The highest BCUT2D eigenvalue weighted by Crippen LogP contribution is 2.44. The number of ketones is 1. The Kier molecular flexibility index (Phi) is 8.69. The van der Waals surface area contributed by atoms with E-state index in [1.165, 1.54) is 18.1 Å². The van der Waals surface area contributed by atoms with Gasteiger partial charge in [-0.25, -0.2) is 9.78 Å². The van der Waals surface area contributed by atoms with Crippen molar-refractivity contribution in [3.05, 3.63) is 88.0 Å². The molecule has 1 atom stereocenters. The molecule has 1 aliphatic heterocycles. The zero-order chi connectivity index (χ0) is 29.0. The Balaban J connectivity index is 1.85. The molecule has 9 nitrogen and oxygen atoms in total. The fourth-order valence-electron chi connectivity index (χ4n) is 4.33. The maximum absolute atomic E-state index is 13.5. The molecule has 208 valence electrons. The number of aliphatic hydroxyl groups is 1. The normalized spacial score (nSPS) is 16.2. The van der Waals surface area contributed by atoms with Crippen LogP contribution in [0, 0.1) is 13.8 Å². The molecule has 2 heterocycles. The number of ether oxygens (including phenoxy) is 3. The Labute approximate surface area is 236 Å². The van der Waals surface area contributed by atoms with Crippen LogP contribution in [0.25, 0.3) is 5.76 Å². The Morgan fingerprint density at radius 2 is 1.90 bits per heavy atom. The number of aromatic nitrogens is 1. The molecule has 0 unspecified atom stereocenters. The SMILES string of the molecule is C=CCOC(=O)c1sc(N2C(=O)C(=O)C(=C(O)c3ccc(OCCC)c(C)c3)[C@@H]2c2ccc(OC)cc2)nc1C. The first-order chi connectivity index (χ1) is 19.2. The van der Waals surface area contributed by atoms with E-state index in [2.05, 4.69) is 11.6 Å². The average molecular weight is 563 g/mol. The highest BCUT2D eigenvalue weighted by Gasteiger charge is 2.48. The molecule has 1 fully saturated rings. The van der Waals surface area contributed by atoms with Crippen LogP contribution < -0.4 is 14.4 Å². The van der Waals surface area contributed by atoms with Gasteiger partial charge in [-0.1, -0.05) is 43.0 Å². The van der Waals surface area contributed by atoms with E-state index in [0.29, 0.717) is 34.9 Å². The van der Waals surface area contributed by atoms with Crippen LogP contribution in [0.3, 0.4) is 0 Å². The van der Waals surface area contributed by atoms with E-state index < -0.39 is 23.7 Å². The predicted octanol–water partition coefficient (Wildman–Crippen LogP) is 5.53. The van der Waals surface area contributed by atoms with Crippen molar-refractivity contribution in [3.8, 4) is 11.5 Å². The summed E-state index contributed by atoms with van der Waals surface area (Å²) in [6.45, 7) is 9.57. The minimum absolute atomic E-state index is 0.0174. The first kappa shape index (κ1) is 28.6. The summed E-state index contributed by atoms with van der Waals surface area (Å²) in [7, 11) is 1.53. The van der Waals surface area contributed by atoms with Crippen molar-refractivity contribution in [3.63, 3.8) is 0 Å². The van der Waals surface area contributed by atoms with Crippen LogP contribution in [-0.4, -0.2) is 48.1 Å². The van der Waals surface area contributed by atoms with Crippen LogP contribution in [-0.2, 0) is 14.3 Å². The minimum Gasteiger partial charge on any atom is -0.507 e. The summed E-state index contributed by atoms with van der Waals surface area (Å²) in [5.74, 6) is -1.44. The van der Waals surface area contributed by atoms with Crippen LogP contribution in [0.1, 0.15) is 51.4 Å². The van der Waals surface area contributed by atoms with Crippen molar-refractivity contribution in [2.45, 2.75) is 33.2 Å². The van der Waals surface area contributed by atoms with Crippen LogP contribution in [0.15, 0.2) is 60.7 Å². The summed E-state index contributed by atoms with van der Waals surface area (Å²) in [5, 5.41) is 11.6. The molecular formula is C30H30N2O7S. The number of methoxy groups -OCH3 is 1. The molecule has 1 N–H and O–H groups in total. The average Bonchev–Trinajstić information content (AvgIpc) is 3.46. The monoisotopic (exact) mass is 562 g/mol. The smallest absolute Gasteiger partial charge is 0.350 e. The van der Waals surface area contributed by atoms with Crippen LogP contribution in [0.5, 0.6) is 11.5 Å². The van der Waals surface area contributed by atoms with E-state index in [4.69, 9.17) is 14.2 Å². The third kappa shape index (κ3) is 5.48. The van der Waals surface area contributed by atoms with Gasteiger partial charge in [-0.3, -0.25) is 14.5 Å². The van der Waals surface area contributed by atoms with Crippen molar-refractivity contribution in [2.75, 3.05) is 25.2 Å². The summed E-state index contributed by atoms with van der Waals surface area (Å²) in [6.07, 6.45) is 2.29. The van der Waals surface area contributed by atoms with Gasteiger partial charge in [0, 0.05) is 5.56 Å². The van der Waals surface area contributed by atoms with Gasteiger partial charge < -0.3 is 19.3 Å². The molecule has 1 aliphatic rings. The van der Waals surface area contributed by atoms with Gasteiger partial charge >= 0.3 is 11.9 Å². The predicted molar refractivity (Wildman–Crippen MR) is 152 cm³/mol. The van der Waals surface area contributed by atoms with Gasteiger partial charge in [0.25, 0.3) is 5.78 Å². The molecule has 4 rings (SSSR count). The number of thiazole rings is 1. The molecular weight excluding hydrogens is 532 g/mol. The van der Waals surface area contributed by atoms with Crippen molar-refractivity contribution >= 4 is 39.9 Å². The highest BCUT2D eigenvalue weighted by molar-refractivity contribution is 7.17. The number of aryl methyl sites for hydroxylation is 2. The van der Waals surface area contributed by atoms with E-state index in [1.807, 2.05) is 13.8 Å². The molecule has 1 saturated heterocycles. The number of Topliss-reactive ketones (excluding diaryl/α,β-unsaturated/α-hetero) is 1. The second-order valence-corrected chi connectivity index (χ2v) is 10.0. The number of benzene rings is 2. The molecule has 0 bridgehead atoms. The van der Waals surface area contributed by atoms with Gasteiger partial charge in [0.05, 0.1) is 31.0 Å². The molecule has 0 aliphatic carbocycles. The lowest BCUT2D eigenvalue weighted by molar-refractivity contribution is -0.132. The molecule has 3 aromatic rings. The summed E-state index contributed by atoms with van der Waals surface area (Å²) in [5.41, 5.74) is 1.93. The van der Waals surface area contributed by atoms with E-state index >= 15 is 0 Å².